The fourth-order valence-electron chi connectivity index (χ4n) is 0. The summed E-state index contributed by atoms with van der Waals surface area (Å²) in [4.78, 5) is 8.25. The van der Waals surface area contributed by atoms with E-state index in [1.807, 2.05) is 0 Å². The van der Waals surface area contributed by atoms with Crippen molar-refractivity contribution in [1.29, 1.82) is 0 Å². The van der Waals surface area contributed by atoms with E-state index in [9.17, 15) is 0 Å². The predicted molar refractivity (Wildman–Crippen MR) is 28.2 cm³/mol. The molecule has 0 aliphatic rings. The largest absolute Gasteiger partial charge is 0.356 e. The molecule has 0 atom stereocenters. The maximum Gasteiger partial charge on any atom is 0.0689 e. The van der Waals surface area contributed by atoms with Crippen molar-refractivity contribution in [3.8, 4) is 0 Å². The Hall–Kier alpha value is -0.218. The minimum absolute atomic E-state index is 0. The van der Waals surface area contributed by atoms with Gasteiger partial charge in [0.25, 0.3) is 0 Å². The van der Waals surface area contributed by atoms with Crippen LogP contribution in [0.2, 0.25) is 0 Å². The zero-order valence-electron chi connectivity index (χ0n) is 4.72. The summed E-state index contributed by atoms with van der Waals surface area (Å²) in [5.41, 5.74) is 9.78. The van der Waals surface area contributed by atoms with Gasteiger partial charge in [-0.25, -0.2) is 0 Å². The Bertz CT molecular complexity index is 61.3. The van der Waals surface area contributed by atoms with Gasteiger partial charge in [-0.1, -0.05) is 0 Å². The van der Waals surface area contributed by atoms with E-state index < -0.39 is 5.09 Å². The fraction of sp³-hybridized carbons (Fsp3) is 1.00. The van der Waals surface area contributed by atoms with E-state index >= 15 is 0 Å². The van der Waals surface area contributed by atoms with E-state index in [2.05, 4.69) is 0 Å². The maximum absolute atomic E-state index is 8.25. The standard InChI is InChI=1S/C2H8N2.NO3.Pd/c1-2(3)4;2-1(3)4;/h2H,3-4H2,1H3;;/q;-1;. The van der Waals surface area contributed by atoms with Crippen LogP contribution in [-0.2, 0) is 20.4 Å². The number of rotatable bonds is 0. The van der Waals surface area contributed by atoms with Gasteiger partial charge in [-0.2, -0.15) is 0 Å². The number of nitrogens with zero attached hydrogens (tertiary/aromatic N) is 1. The van der Waals surface area contributed by atoms with Gasteiger partial charge in [-0.05, 0) is 6.92 Å². The first-order valence-corrected chi connectivity index (χ1v) is 1.79. The summed E-state index contributed by atoms with van der Waals surface area (Å²) in [5, 5.41) is 14.8. The molecule has 7 heteroatoms. The second kappa shape index (κ2) is 10.7. The SMILES string of the molecule is CC(N)N.O=[N+]([O-])[O-].[Pd]. The molecular weight excluding hydrogens is 220 g/mol. The molecule has 0 bridgehead atoms. The molecule has 0 aromatic heterocycles. The van der Waals surface area contributed by atoms with Crippen molar-refractivity contribution in [1.82, 2.24) is 0 Å². The summed E-state index contributed by atoms with van der Waals surface area (Å²) >= 11 is 0. The van der Waals surface area contributed by atoms with Gasteiger partial charge < -0.3 is 26.8 Å². The van der Waals surface area contributed by atoms with Gasteiger partial charge >= 0.3 is 0 Å². The molecule has 0 saturated carbocycles. The number of hydrogen-bond acceptors (Lipinski definition) is 5. The van der Waals surface area contributed by atoms with Gasteiger partial charge in [-0.15, -0.1) is 0 Å². The van der Waals surface area contributed by atoms with Gasteiger partial charge in [0.1, 0.15) is 0 Å². The van der Waals surface area contributed by atoms with Gasteiger partial charge in [0.15, 0.2) is 0 Å². The molecule has 0 heterocycles. The van der Waals surface area contributed by atoms with Crippen LogP contribution in [0.25, 0.3) is 0 Å². The first kappa shape index (κ1) is 15.9. The molecule has 0 radical (unpaired) electrons. The van der Waals surface area contributed by atoms with Crippen molar-refractivity contribution in [2.75, 3.05) is 0 Å². The first-order valence-electron chi connectivity index (χ1n) is 1.79. The van der Waals surface area contributed by atoms with Crippen LogP contribution in [0.1, 0.15) is 6.92 Å². The van der Waals surface area contributed by atoms with Crippen LogP contribution < -0.4 is 11.5 Å². The Morgan fingerprint density at radius 1 is 1.44 bits per heavy atom. The Morgan fingerprint density at radius 2 is 1.44 bits per heavy atom. The third-order valence-electron chi connectivity index (χ3n) is 0. The van der Waals surface area contributed by atoms with Crippen molar-refractivity contribution in [2.45, 2.75) is 13.1 Å². The van der Waals surface area contributed by atoms with E-state index in [0.717, 1.165) is 0 Å². The van der Waals surface area contributed by atoms with Gasteiger partial charge in [0.2, 0.25) is 0 Å². The van der Waals surface area contributed by atoms with Crippen LogP contribution in [0.3, 0.4) is 0 Å². The molecule has 0 aromatic rings. The Kier molecular flexibility index (Phi) is 18.9. The van der Waals surface area contributed by atoms with Crippen LogP contribution in [0, 0.1) is 15.3 Å². The van der Waals surface area contributed by atoms with E-state index in [1.165, 1.54) is 0 Å². The third kappa shape index (κ3) is 5490. The Morgan fingerprint density at radius 3 is 1.44 bits per heavy atom. The maximum atomic E-state index is 8.25. The summed E-state index contributed by atoms with van der Waals surface area (Å²) in [6.07, 6.45) is -0.167. The molecule has 0 aliphatic carbocycles. The fourth-order valence-corrected chi connectivity index (χ4v) is 0. The zero-order valence-corrected chi connectivity index (χ0v) is 6.27. The molecule has 4 N–H and O–H groups in total. The van der Waals surface area contributed by atoms with Crippen molar-refractivity contribution in [3.05, 3.63) is 15.3 Å². The normalized spacial score (nSPS) is 6.67. The van der Waals surface area contributed by atoms with Crippen molar-refractivity contribution >= 4 is 0 Å². The number of hydrogen-bond donors (Lipinski definition) is 2. The van der Waals surface area contributed by atoms with Gasteiger partial charge in [-0.3, -0.25) is 0 Å². The van der Waals surface area contributed by atoms with E-state index in [4.69, 9.17) is 26.8 Å². The van der Waals surface area contributed by atoms with Crippen molar-refractivity contribution < 1.29 is 25.5 Å². The molecule has 0 aliphatic heterocycles. The molecular formula is C2H8N3O3Pd-. The molecule has 0 rings (SSSR count). The number of nitrogens with two attached hydrogens (primary N) is 2. The zero-order chi connectivity index (χ0) is 7.15. The topological polar surface area (TPSA) is 118 Å². The van der Waals surface area contributed by atoms with E-state index in [1.54, 1.807) is 6.92 Å². The second-order valence-electron chi connectivity index (χ2n) is 1.08. The summed E-state index contributed by atoms with van der Waals surface area (Å²) < 4.78 is 0. The minimum Gasteiger partial charge on any atom is -0.356 e. The van der Waals surface area contributed by atoms with Crippen LogP contribution in [0.4, 0.5) is 0 Å². The van der Waals surface area contributed by atoms with Crippen LogP contribution >= 0.6 is 0 Å². The molecule has 0 fully saturated rings. The Balaban J connectivity index is -0.0000000720. The molecule has 60 valence electrons. The minimum atomic E-state index is -1.75. The van der Waals surface area contributed by atoms with Gasteiger partial charge in [0, 0.05) is 26.6 Å². The molecule has 0 unspecified atom stereocenters. The smallest absolute Gasteiger partial charge is 0.0689 e. The predicted octanol–water partition coefficient (Wildman–Crippen LogP) is -0.992. The van der Waals surface area contributed by atoms with Crippen molar-refractivity contribution in [3.63, 3.8) is 0 Å². The second-order valence-corrected chi connectivity index (χ2v) is 1.08. The van der Waals surface area contributed by atoms with E-state index in [-0.39, 0.29) is 26.6 Å². The molecule has 0 aromatic carbocycles. The van der Waals surface area contributed by atoms with Crippen molar-refractivity contribution in [2.24, 2.45) is 11.5 Å². The quantitative estimate of drug-likeness (QED) is 0.239. The first-order chi connectivity index (χ1) is 3.46. The monoisotopic (exact) mass is 228 g/mol. The third-order valence-corrected chi connectivity index (χ3v) is 0. The summed E-state index contributed by atoms with van der Waals surface area (Å²) in [6, 6.07) is 0. The molecule has 6 nitrogen and oxygen atoms in total. The summed E-state index contributed by atoms with van der Waals surface area (Å²) in [5.74, 6) is 0. The van der Waals surface area contributed by atoms with E-state index in [0.29, 0.717) is 0 Å². The van der Waals surface area contributed by atoms with Crippen LogP contribution in [0.5, 0.6) is 0 Å². The Labute approximate surface area is 66.0 Å². The van der Waals surface area contributed by atoms with Crippen LogP contribution in [-0.4, -0.2) is 11.3 Å². The molecule has 0 spiro atoms. The van der Waals surface area contributed by atoms with Gasteiger partial charge in [0.05, 0.1) is 5.09 Å². The average molecular weight is 229 g/mol. The van der Waals surface area contributed by atoms with Crippen LogP contribution in [0.15, 0.2) is 0 Å². The summed E-state index contributed by atoms with van der Waals surface area (Å²) in [6.45, 7) is 1.72. The molecule has 0 amide bonds. The molecule has 9 heavy (non-hydrogen) atoms. The average Bonchev–Trinajstić information content (AvgIpc) is 1.25. The summed E-state index contributed by atoms with van der Waals surface area (Å²) in [7, 11) is 0. The molecule has 0 saturated heterocycles.